The van der Waals surface area contributed by atoms with Gasteiger partial charge in [-0.1, -0.05) is 153 Å². The quantitative estimate of drug-likeness (QED) is 0.128. The third-order valence-corrected chi connectivity index (χ3v) is 25.9. The SMILES string of the molecule is [B][C@@H]1O[C@](COC(c2ccccc2)(c2ccccc2)c2ccccc2)(CO[Si](C)(C)C(C)(C)C)[C@@H](O[Si](C)(C)C(C)(C)C)C1O[Si](C)(C)C(C)(C)C. The van der Waals surface area contributed by atoms with Crippen LogP contribution in [0.3, 0.4) is 0 Å². The zero-order valence-corrected chi connectivity index (χ0v) is 37.9. The van der Waals surface area contributed by atoms with Crippen LogP contribution in [-0.2, 0) is 28.4 Å². The Hall–Kier alpha value is -1.82. The van der Waals surface area contributed by atoms with Crippen LogP contribution in [0.1, 0.15) is 79.0 Å². The van der Waals surface area contributed by atoms with Gasteiger partial charge in [0.15, 0.2) is 25.0 Å². The fourth-order valence-corrected chi connectivity index (χ4v) is 9.65. The van der Waals surface area contributed by atoms with E-state index in [1.807, 2.05) is 18.2 Å². The number of ether oxygens (including phenoxy) is 2. The molecule has 1 aliphatic rings. The van der Waals surface area contributed by atoms with Crippen LogP contribution in [-0.4, -0.2) is 69.8 Å². The summed E-state index contributed by atoms with van der Waals surface area (Å²) >= 11 is 0. The summed E-state index contributed by atoms with van der Waals surface area (Å²) in [5.74, 6) is 0. The van der Waals surface area contributed by atoms with Gasteiger partial charge in [0.05, 0.1) is 19.3 Å². The molecule has 9 heteroatoms. The molecule has 1 aliphatic heterocycles. The summed E-state index contributed by atoms with van der Waals surface area (Å²) < 4.78 is 36.7. The van der Waals surface area contributed by atoms with Crippen LogP contribution >= 0.6 is 0 Å². The highest BCUT2D eigenvalue weighted by molar-refractivity contribution is 6.75. The molecule has 284 valence electrons. The molecule has 0 N–H and O–H groups in total. The van der Waals surface area contributed by atoms with E-state index >= 15 is 0 Å². The van der Waals surface area contributed by atoms with Crippen LogP contribution in [0.4, 0.5) is 0 Å². The van der Waals surface area contributed by atoms with E-state index < -0.39 is 54.4 Å². The molecule has 52 heavy (non-hydrogen) atoms. The second kappa shape index (κ2) is 15.4. The first-order chi connectivity index (χ1) is 23.8. The summed E-state index contributed by atoms with van der Waals surface area (Å²) in [4.78, 5) is 0. The van der Waals surface area contributed by atoms with Crippen molar-refractivity contribution in [2.24, 2.45) is 0 Å². The molecular weight excluding hydrogens is 692 g/mol. The van der Waals surface area contributed by atoms with Crippen molar-refractivity contribution in [1.29, 1.82) is 0 Å². The van der Waals surface area contributed by atoms with Gasteiger partial charge in [0.25, 0.3) is 0 Å². The monoisotopic (exact) mass is 758 g/mol. The summed E-state index contributed by atoms with van der Waals surface area (Å²) in [5, 5.41) is -0.142. The molecule has 0 spiro atoms. The average Bonchev–Trinajstić information content (AvgIpc) is 3.29. The van der Waals surface area contributed by atoms with Crippen LogP contribution in [0.25, 0.3) is 0 Å². The van der Waals surface area contributed by atoms with Gasteiger partial charge in [-0.2, -0.15) is 0 Å². The van der Waals surface area contributed by atoms with Crippen LogP contribution in [0.2, 0.25) is 54.4 Å². The van der Waals surface area contributed by atoms with E-state index in [4.69, 9.17) is 30.6 Å². The van der Waals surface area contributed by atoms with Crippen LogP contribution in [0, 0.1) is 0 Å². The van der Waals surface area contributed by atoms with Crippen molar-refractivity contribution >= 4 is 32.8 Å². The summed E-state index contributed by atoms with van der Waals surface area (Å²) in [6, 6.07) is 30.7. The molecular formula is C43H67BO5Si3. The molecule has 1 saturated heterocycles. The van der Waals surface area contributed by atoms with Crippen molar-refractivity contribution in [3.8, 4) is 0 Å². The largest absolute Gasteiger partial charge is 0.414 e. The molecule has 1 heterocycles. The van der Waals surface area contributed by atoms with Gasteiger partial charge in [-0.25, -0.2) is 0 Å². The zero-order chi connectivity index (χ0) is 39.0. The van der Waals surface area contributed by atoms with Gasteiger partial charge in [0.2, 0.25) is 0 Å². The van der Waals surface area contributed by atoms with E-state index in [1.54, 1.807) is 0 Å². The Balaban J connectivity index is 1.98. The lowest BCUT2D eigenvalue weighted by Crippen LogP contribution is -2.61. The fraction of sp³-hybridized carbons (Fsp3) is 0.581. The molecule has 2 radical (unpaired) electrons. The predicted octanol–water partition coefficient (Wildman–Crippen LogP) is 11.1. The van der Waals surface area contributed by atoms with Gasteiger partial charge < -0.3 is 22.8 Å². The Morgan fingerprint density at radius 3 is 1.29 bits per heavy atom. The fourth-order valence-electron chi connectivity index (χ4n) is 5.98. The molecule has 4 atom stereocenters. The molecule has 0 amide bonds. The second-order valence-electron chi connectivity index (χ2n) is 19.4. The smallest absolute Gasteiger partial charge is 0.192 e. The van der Waals surface area contributed by atoms with Crippen LogP contribution in [0.15, 0.2) is 91.0 Å². The van der Waals surface area contributed by atoms with Gasteiger partial charge >= 0.3 is 0 Å². The highest BCUT2D eigenvalue weighted by Gasteiger charge is 2.61. The molecule has 0 aliphatic carbocycles. The first kappa shape index (κ1) is 42.9. The lowest BCUT2D eigenvalue weighted by atomic mass is 9.79. The Labute approximate surface area is 321 Å². The Kier molecular flexibility index (Phi) is 12.7. The highest BCUT2D eigenvalue weighted by Crippen LogP contribution is 2.49. The maximum absolute atomic E-state index is 7.60. The van der Waals surface area contributed by atoms with E-state index in [1.165, 1.54) is 0 Å². The van der Waals surface area contributed by atoms with Gasteiger partial charge in [0.1, 0.15) is 25.2 Å². The van der Waals surface area contributed by atoms with Crippen LogP contribution in [0.5, 0.6) is 0 Å². The third-order valence-electron chi connectivity index (χ3n) is 12.5. The van der Waals surface area contributed by atoms with Crippen LogP contribution < -0.4 is 0 Å². The van der Waals surface area contributed by atoms with Crippen molar-refractivity contribution in [2.75, 3.05) is 13.2 Å². The first-order valence-corrected chi connectivity index (χ1v) is 27.8. The highest BCUT2D eigenvalue weighted by atomic mass is 28.4. The van der Waals surface area contributed by atoms with Crippen molar-refractivity contribution < 1.29 is 22.8 Å². The van der Waals surface area contributed by atoms with E-state index in [0.717, 1.165) is 16.7 Å². The molecule has 0 bridgehead atoms. The minimum absolute atomic E-state index is 0.0233. The minimum atomic E-state index is -2.43. The average molecular weight is 759 g/mol. The predicted molar refractivity (Wildman–Crippen MR) is 226 cm³/mol. The number of hydrogen-bond acceptors (Lipinski definition) is 5. The molecule has 0 aromatic heterocycles. The van der Waals surface area contributed by atoms with Crippen molar-refractivity contribution in [2.45, 2.75) is 146 Å². The molecule has 1 unspecified atom stereocenters. The lowest BCUT2D eigenvalue weighted by molar-refractivity contribution is -0.154. The van der Waals surface area contributed by atoms with Crippen molar-refractivity contribution in [3.05, 3.63) is 108 Å². The summed E-state index contributed by atoms with van der Waals surface area (Å²) in [6.07, 6.45) is -1.05. The standard InChI is InChI=1S/C43H67BO5Si3/c1-39(2,3)50(10,11)46-32-42(37(49-52(14,15)41(7,8)9)36(38(44)47-42)48-51(12,13)40(4,5)6)31-45-43(33-25-19-16-20-26-33,34-27-21-17-22-28-34)35-29-23-18-24-30-35/h16-30,36-38H,31-32H2,1-15H3/t36?,37-,38+,42+/m0/s1. The van der Waals surface area contributed by atoms with Gasteiger partial charge in [-0.3, -0.25) is 0 Å². The Bertz CT molecular complexity index is 1480. The van der Waals surface area contributed by atoms with E-state index in [0.29, 0.717) is 0 Å². The lowest BCUT2D eigenvalue weighted by Gasteiger charge is -2.48. The molecule has 3 aromatic rings. The van der Waals surface area contributed by atoms with Crippen molar-refractivity contribution in [3.63, 3.8) is 0 Å². The molecule has 3 aromatic carbocycles. The van der Waals surface area contributed by atoms with Gasteiger partial charge in [-0.05, 0) is 71.1 Å². The maximum Gasteiger partial charge on any atom is 0.192 e. The molecule has 1 fully saturated rings. The molecule has 5 nitrogen and oxygen atoms in total. The normalized spacial score (nSPS) is 22.5. The van der Waals surface area contributed by atoms with Gasteiger partial charge in [-0.15, -0.1) is 0 Å². The van der Waals surface area contributed by atoms with E-state index in [9.17, 15) is 0 Å². The summed E-state index contributed by atoms with van der Waals surface area (Å²) in [6.45, 7) is 34.5. The third kappa shape index (κ3) is 8.83. The van der Waals surface area contributed by atoms with E-state index in [2.05, 4.69) is 174 Å². The van der Waals surface area contributed by atoms with Gasteiger partial charge in [0, 0.05) is 6.00 Å². The Morgan fingerprint density at radius 1 is 0.558 bits per heavy atom. The van der Waals surface area contributed by atoms with E-state index in [-0.39, 0.29) is 28.3 Å². The number of hydrogen-bond donors (Lipinski definition) is 0. The maximum atomic E-state index is 7.60. The molecule has 4 rings (SSSR count). The number of benzene rings is 3. The molecule has 0 saturated carbocycles. The Morgan fingerprint density at radius 2 is 0.923 bits per heavy atom. The first-order valence-electron chi connectivity index (χ1n) is 19.0. The summed E-state index contributed by atoms with van der Waals surface area (Å²) in [5.41, 5.74) is 1.01. The minimum Gasteiger partial charge on any atom is -0.414 e. The van der Waals surface area contributed by atoms with Crippen molar-refractivity contribution in [1.82, 2.24) is 0 Å². The number of rotatable bonds is 13. The topological polar surface area (TPSA) is 46.2 Å². The second-order valence-corrected chi connectivity index (χ2v) is 33.7. The summed E-state index contributed by atoms with van der Waals surface area (Å²) in [7, 11) is 0.0759. The zero-order valence-electron chi connectivity index (χ0n) is 34.9.